The first-order valence-electron chi connectivity index (χ1n) is 16.8. The van der Waals surface area contributed by atoms with Gasteiger partial charge in [0.15, 0.2) is 0 Å². The summed E-state index contributed by atoms with van der Waals surface area (Å²) in [6.07, 6.45) is 0. The highest BCUT2D eigenvalue weighted by atomic mass is 16.3. The van der Waals surface area contributed by atoms with E-state index in [2.05, 4.69) is 172 Å². The van der Waals surface area contributed by atoms with Gasteiger partial charge in [0, 0.05) is 27.3 Å². The van der Waals surface area contributed by atoms with Gasteiger partial charge in [0.05, 0.1) is 0 Å². The predicted molar refractivity (Wildman–Crippen MR) is 203 cm³/mol. The lowest BCUT2D eigenvalue weighted by Gasteiger charge is -2.25. The summed E-state index contributed by atoms with van der Waals surface area (Å²) in [5.41, 5.74) is 14.4. The van der Waals surface area contributed by atoms with Crippen LogP contribution in [0.3, 0.4) is 0 Å². The Morgan fingerprint density at radius 1 is 0.417 bits per heavy atom. The molecule has 0 unspecified atom stereocenters. The fourth-order valence-electron chi connectivity index (χ4n) is 8.56. The third kappa shape index (κ3) is 3.73. The Kier molecular flexibility index (Phi) is 5.69. The number of benzene rings is 8. The van der Waals surface area contributed by atoms with Crippen molar-refractivity contribution in [1.82, 2.24) is 0 Å². The molecule has 0 aliphatic heterocycles. The maximum absolute atomic E-state index is 6.91. The van der Waals surface area contributed by atoms with Crippen molar-refractivity contribution in [2.45, 2.75) is 19.3 Å². The largest absolute Gasteiger partial charge is 0.455 e. The summed E-state index contributed by atoms with van der Waals surface area (Å²) in [4.78, 5) is 0. The minimum Gasteiger partial charge on any atom is -0.455 e. The molecule has 1 nitrogen and oxygen atoms in total. The van der Waals surface area contributed by atoms with E-state index in [-0.39, 0.29) is 5.41 Å². The van der Waals surface area contributed by atoms with Gasteiger partial charge < -0.3 is 4.42 Å². The van der Waals surface area contributed by atoms with Gasteiger partial charge in [0.25, 0.3) is 0 Å². The van der Waals surface area contributed by atoms with Crippen LogP contribution in [0.15, 0.2) is 162 Å². The Labute approximate surface area is 279 Å². The first-order valence-corrected chi connectivity index (χ1v) is 16.8. The summed E-state index contributed by atoms with van der Waals surface area (Å²) in [5, 5.41) is 7.28. The topological polar surface area (TPSA) is 13.1 Å². The maximum Gasteiger partial charge on any atom is 0.144 e. The first kappa shape index (κ1) is 27.2. The van der Waals surface area contributed by atoms with E-state index < -0.39 is 0 Å². The van der Waals surface area contributed by atoms with Gasteiger partial charge in [-0.15, -0.1) is 0 Å². The molecule has 226 valence electrons. The molecule has 0 bridgehead atoms. The van der Waals surface area contributed by atoms with Crippen LogP contribution < -0.4 is 0 Å². The summed E-state index contributed by atoms with van der Waals surface area (Å²) < 4.78 is 6.91. The molecule has 1 aliphatic carbocycles. The van der Waals surface area contributed by atoms with Crippen molar-refractivity contribution in [3.05, 3.63) is 169 Å². The Morgan fingerprint density at radius 2 is 0.979 bits per heavy atom. The van der Waals surface area contributed by atoms with Gasteiger partial charge in [-0.2, -0.15) is 0 Å². The van der Waals surface area contributed by atoms with Crippen LogP contribution in [0.1, 0.15) is 25.0 Å². The number of rotatable bonds is 3. The molecule has 0 fully saturated rings. The quantitative estimate of drug-likeness (QED) is 0.193. The second-order valence-electron chi connectivity index (χ2n) is 13.6. The van der Waals surface area contributed by atoms with E-state index >= 15 is 0 Å². The number of fused-ring (bicyclic) bond motifs is 8. The summed E-state index contributed by atoms with van der Waals surface area (Å²) in [6, 6.07) is 57.4. The van der Waals surface area contributed by atoms with Gasteiger partial charge in [-0.05, 0) is 72.1 Å². The average Bonchev–Trinajstić information content (AvgIpc) is 3.63. The van der Waals surface area contributed by atoms with Crippen molar-refractivity contribution < 1.29 is 4.42 Å². The minimum atomic E-state index is -0.147. The molecule has 0 N–H and O–H groups in total. The van der Waals surface area contributed by atoms with Crippen LogP contribution in [-0.4, -0.2) is 0 Å². The standard InChI is InChI=1S/C47H32O/c1-47(2)40-23-9-7-16-34(40)37-21-12-22-39(45(37)47)43-36-18-6-5-17-35(36)42(46-44(43)38-19-8-10-24-41(38)48-46)31-27-25-30(26-28-31)33-20-11-14-29-13-3-4-15-32(29)33/h3-28H,1-2H3. The zero-order valence-electron chi connectivity index (χ0n) is 26.9. The second kappa shape index (κ2) is 10.0. The van der Waals surface area contributed by atoms with Crippen molar-refractivity contribution in [1.29, 1.82) is 0 Å². The van der Waals surface area contributed by atoms with Crippen molar-refractivity contribution in [2.75, 3.05) is 0 Å². The molecular weight excluding hydrogens is 581 g/mol. The molecule has 0 amide bonds. The number of furan rings is 1. The van der Waals surface area contributed by atoms with Crippen LogP contribution in [0, 0.1) is 0 Å². The molecule has 0 saturated heterocycles. The monoisotopic (exact) mass is 612 g/mol. The molecule has 0 saturated carbocycles. The Bertz CT molecular complexity index is 2730. The van der Waals surface area contributed by atoms with Gasteiger partial charge in [-0.1, -0.05) is 166 Å². The van der Waals surface area contributed by atoms with Gasteiger partial charge in [-0.3, -0.25) is 0 Å². The molecule has 0 atom stereocenters. The molecule has 8 aromatic carbocycles. The second-order valence-corrected chi connectivity index (χ2v) is 13.6. The smallest absolute Gasteiger partial charge is 0.144 e. The van der Waals surface area contributed by atoms with Crippen molar-refractivity contribution >= 4 is 43.5 Å². The molecule has 48 heavy (non-hydrogen) atoms. The van der Waals surface area contributed by atoms with E-state index in [0.717, 1.165) is 27.7 Å². The van der Waals surface area contributed by atoms with E-state index in [0.29, 0.717) is 0 Å². The SMILES string of the molecule is CC1(C)c2ccccc2-c2cccc(-c3c4ccccc4c(-c4ccc(-c5cccc6ccccc56)cc4)c4oc5ccccc5c34)c21. The summed E-state index contributed by atoms with van der Waals surface area (Å²) >= 11 is 0. The zero-order valence-corrected chi connectivity index (χ0v) is 26.9. The summed E-state index contributed by atoms with van der Waals surface area (Å²) in [5.74, 6) is 0. The minimum absolute atomic E-state index is 0.147. The highest BCUT2D eigenvalue weighted by Gasteiger charge is 2.38. The lowest BCUT2D eigenvalue weighted by molar-refractivity contribution is 0.662. The number of hydrogen-bond acceptors (Lipinski definition) is 1. The van der Waals surface area contributed by atoms with E-state index in [9.17, 15) is 0 Å². The third-order valence-electron chi connectivity index (χ3n) is 10.7. The Morgan fingerprint density at radius 3 is 1.81 bits per heavy atom. The lowest BCUT2D eigenvalue weighted by Crippen LogP contribution is -2.16. The highest BCUT2D eigenvalue weighted by Crippen LogP contribution is 2.55. The molecule has 1 aromatic heterocycles. The molecule has 10 rings (SSSR count). The number of para-hydroxylation sites is 1. The Balaban J connectivity index is 1.28. The van der Waals surface area contributed by atoms with E-state index in [1.165, 1.54) is 71.4 Å². The summed E-state index contributed by atoms with van der Waals surface area (Å²) in [6.45, 7) is 4.75. The molecule has 1 heterocycles. The van der Waals surface area contributed by atoms with Crippen molar-refractivity contribution in [3.63, 3.8) is 0 Å². The molecule has 1 aliphatic rings. The highest BCUT2D eigenvalue weighted by molar-refractivity contribution is 6.27. The van der Waals surface area contributed by atoms with Crippen molar-refractivity contribution in [3.8, 4) is 44.5 Å². The van der Waals surface area contributed by atoms with Gasteiger partial charge in [0.1, 0.15) is 11.2 Å². The van der Waals surface area contributed by atoms with E-state index in [4.69, 9.17) is 4.42 Å². The normalized spacial score (nSPS) is 13.4. The third-order valence-corrected chi connectivity index (χ3v) is 10.7. The average molecular weight is 613 g/mol. The van der Waals surface area contributed by atoms with E-state index in [1.807, 2.05) is 0 Å². The molecule has 0 radical (unpaired) electrons. The fourth-order valence-corrected chi connectivity index (χ4v) is 8.56. The van der Waals surface area contributed by atoms with Crippen molar-refractivity contribution in [2.24, 2.45) is 0 Å². The van der Waals surface area contributed by atoms with Crippen LogP contribution in [0.2, 0.25) is 0 Å². The van der Waals surface area contributed by atoms with Crippen LogP contribution in [0.5, 0.6) is 0 Å². The van der Waals surface area contributed by atoms with Gasteiger partial charge in [0.2, 0.25) is 0 Å². The summed E-state index contributed by atoms with van der Waals surface area (Å²) in [7, 11) is 0. The van der Waals surface area contributed by atoms with Crippen LogP contribution in [0.4, 0.5) is 0 Å². The molecule has 9 aromatic rings. The van der Waals surface area contributed by atoms with Crippen LogP contribution in [0.25, 0.3) is 88.0 Å². The fraction of sp³-hybridized carbons (Fsp3) is 0.0638. The van der Waals surface area contributed by atoms with Gasteiger partial charge in [-0.25, -0.2) is 0 Å². The Hall–Kier alpha value is -5.92. The van der Waals surface area contributed by atoms with Gasteiger partial charge >= 0.3 is 0 Å². The number of hydrogen-bond donors (Lipinski definition) is 0. The molecule has 0 spiro atoms. The van der Waals surface area contributed by atoms with Crippen LogP contribution >= 0.6 is 0 Å². The molecule has 1 heteroatoms. The van der Waals surface area contributed by atoms with Crippen LogP contribution in [-0.2, 0) is 5.41 Å². The van der Waals surface area contributed by atoms with E-state index in [1.54, 1.807) is 0 Å². The maximum atomic E-state index is 6.91. The lowest BCUT2D eigenvalue weighted by atomic mass is 9.77. The predicted octanol–water partition coefficient (Wildman–Crippen LogP) is 13.2. The molecular formula is C47H32O. The first-order chi connectivity index (χ1) is 23.6. The zero-order chi connectivity index (χ0) is 32.0.